The number of carbonyl (C=O) groups is 1. The molecule has 0 saturated carbocycles. The number of hydrogen-bond donors (Lipinski definition) is 1. The topological polar surface area (TPSA) is 112 Å². The molecule has 26 heavy (non-hydrogen) atoms. The molecule has 0 saturated heterocycles. The number of benzene rings is 1. The highest BCUT2D eigenvalue weighted by molar-refractivity contribution is 5.86. The first-order valence-electron chi connectivity index (χ1n) is 7.76. The van der Waals surface area contributed by atoms with Crippen molar-refractivity contribution in [3.8, 4) is 5.88 Å². The zero-order chi connectivity index (χ0) is 19.1. The van der Waals surface area contributed by atoms with Crippen LogP contribution < -0.4 is 10.2 Å². The minimum absolute atomic E-state index is 0.153. The summed E-state index contributed by atoms with van der Waals surface area (Å²) in [6.45, 7) is 3.40. The summed E-state index contributed by atoms with van der Waals surface area (Å²) in [4.78, 5) is 22.4. The summed E-state index contributed by atoms with van der Waals surface area (Å²) >= 11 is 0. The van der Waals surface area contributed by atoms with Crippen molar-refractivity contribution in [2.45, 2.75) is 19.9 Å². The molecule has 1 N–H and O–H groups in total. The molecule has 1 atom stereocenters. The van der Waals surface area contributed by atoms with Gasteiger partial charge < -0.3 is 4.74 Å². The Bertz CT molecular complexity index is 842. The molecule has 1 amide bonds. The van der Waals surface area contributed by atoms with Gasteiger partial charge in [-0.15, -0.1) is 5.10 Å². The summed E-state index contributed by atoms with van der Waals surface area (Å²) in [6.07, 6.45) is 4.58. The average Bonchev–Trinajstić information content (AvgIpc) is 3.06. The lowest BCUT2D eigenvalue weighted by Gasteiger charge is -2.09. The summed E-state index contributed by atoms with van der Waals surface area (Å²) < 4.78 is 6.01. The van der Waals surface area contributed by atoms with Crippen LogP contribution in [0.2, 0.25) is 0 Å². The van der Waals surface area contributed by atoms with Crippen LogP contribution in [0.4, 0.5) is 5.69 Å². The smallest absolute Gasteiger partial charge is 0.350 e. The number of aromatic nitrogens is 2. The molecule has 136 valence electrons. The molecule has 1 heterocycles. The second kappa shape index (κ2) is 8.56. The van der Waals surface area contributed by atoms with Crippen molar-refractivity contribution in [2.24, 2.45) is 5.10 Å². The number of ether oxygens (including phenoxy) is 1. The van der Waals surface area contributed by atoms with Crippen molar-refractivity contribution in [3.05, 3.63) is 57.8 Å². The second-order valence-corrected chi connectivity index (χ2v) is 5.47. The molecule has 0 aliphatic rings. The van der Waals surface area contributed by atoms with Gasteiger partial charge in [-0.05, 0) is 25.0 Å². The molecule has 9 heteroatoms. The van der Waals surface area contributed by atoms with E-state index in [-0.39, 0.29) is 11.6 Å². The number of nitrogens with one attached hydrogen (secondary N) is 1. The number of nitrogens with zero attached hydrogens (tertiary/aromatic N) is 4. The highest BCUT2D eigenvalue weighted by Gasteiger charge is 2.25. The Morgan fingerprint density at radius 2 is 2.12 bits per heavy atom. The summed E-state index contributed by atoms with van der Waals surface area (Å²) in [5.74, 6) is -0.617. The molecule has 2 aromatic rings. The van der Waals surface area contributed by atoms with E-state index in [2.05, 4.69) is 15.6 Å². The molecular weight excluding hydrogens is 338 g/mol. The van der Waals surface area contributed by atoms with Crippen LogP contribution in [0.1, 0.15) is 25.5 Å². The van der Waals surface area contributed by atoms with Crippen molar-refractivity contribution < 1.29 is 14.5 Å². The molecule has 1 aromatic heterocycles. The van der Waals surface area contributed by atoms with Gasteiger partial charge in [-0.2, -0.15) is 5.10 Å². The predicted octanol–water partition coefficient (Wildman–Crippen LogP) is 2.57. The molecule has 0 spiro atoms. The number of amides is 1. The average molecular weight is 357 g/mol. The van der Waals surface area contributed by atoms with E-state index in [9.17, 15) is 14.9 Å². The molecule has 2 rings (SSSR count). The van der Waals surface area contributed by atoms with Gasteiger partial charge in [-0.1, -0.05) is 36.4 Å². The second-order valence-electron chi connectivity index (χ2n) is 5.47. The molecule has 0 fully saturated rings. The van der Waals surface area contributed by atoms with E-state index < -0.39 is 16.9 Å². The van der Waals surface area contributed by atoms with Crippen LogP contribution in [0.5, 0.6) is 5.88 Å². The van der Waals surface area contributed by atoms with Gasteiger partial charge in [-0.25, -0.2) is 10.1 Å². The minimum Gasteiger partial charge on any atom is -0.475 e. The number of nitro groups is 1. The summed E-state index contributed by atoms with van der Waals surface area (Å²) in [7, 11) is 1.27. The van der Waals surface area contributed by atoms with Gasteiger partial charge in [0.1, 0.15) is 12.2 Å². The number of allylic oxidation sites excluding steroid dienone is 1. The van der Waals surface area contributed by atoms with Gasteiger partial charge in [0, 0.05) is 0 Å². The monoisotopic (exact) mass is 357 g/mol. The zero-order valence-corrected chi connectivity index (χ0v) is 14.6. The summed E-state index contributed by atoms with van der Waals surface area (Å²) in [6, 6.07) is 8.89. The van der Waals surface area contributed by atoms with E-state index in [4.69, 9.17) is 4.74 Å². The lowest BCUT2D eigenvalue weighted by atomic mass is 10.1. The van der Waals surface area contributed by atoms with Crippen molar-refractivity contribution in [1.82, 2.24) is 15.2 Å². The fourth-order valence-corrected chi connectivity index (χ4v) is 2.10. The van der Waals surface area contributed by atoms with Crippen molar-refractivity contribution in [1.29, 1.82) is 0 Å². The van der Waals surface area contributed by atoms with Gasteiger partial charge in [0.15, 0.2) is 0 Å². The fraction of sp³-hybridized carbons (Fsp3) is 0.235. The minimum atomic E-state index is -0.798. The van der Waals surface area contributed by atoms with Gasteiger partial charge in [0.05, 0.1) is 18.2 Å². The third-order valence-corrected chi connectivity index (χ3v) is 3.48. The van der Waals surface area contributed by atoms with E-state index in [1.807, 2.05) is 43.3 Å². The molecule has 0 radical (unpaired) electrons. The first-order chi connectivity index (χ1) is 12.4. The molecule has 0 bridgehead atoms. The molecule has 1 unspecified atom stereocenters. The Morgan fingerprint density at radius 1 is 1.42 bits per heavy atom. The van der Waals surface area contributed by atoms with Gasteiger partial charge in [0.2, 0.25) is 0 Å². The quantitative estimate of drug-likeness (QED) is 0.465. The summed E-state index contributed by atoms with van der Waals surface area (Å²) in [5.41, 5.74) is 3.95. The lowest BCUT2D eigenvalue weighted by molar-refractivity contribution is -0.385. The van der Waals surface area contributed by atoms with Crippen LogP contribution in [-0.4, -0.2) is 33.9 Å². The number of rotatable bonds is 7. The standard InChI is InChI=1S/C17H19N5O4/c1-12(9-14-7-5-4-6-8-14)10-18-19-16(23)13(2)21-11-15(22(24)25)17(20-21)26-3/h4-11,13H,1-3H3,(H,19,23)/b12-9+,18-10+. The van der Waals surface area contributed by atoms with E-state index in [0.29, 0.717) is 0 Å². The Balaban J connectivity index is 2.01. The van der Waals surface area contributed by atoms with Gasteiger partial charge in [-0.3, -0.25) is 14.9 Å². The first kappa shape index (κ1) is 18.8. The van der Waals surface area contributed by atoms with Crippen LogP contribution in [-0.2, 0) is 4.79 Å². The van der Waals surface area contributed by atoms with E-state index >= 15 is 0 Å². The maximum absolute atomic E-state index is 12.1. The van der Waals surface area contributed by atoms with Crippen LogP contribution >= 0.6 is 0 Å². The van der Waals surface area contributed by atoms with E-state index in [0.717, 1.165) is 22.0 Å². The molecule has 9 nitrogen and oxygen atoms in total. The highest BCUT2D eigenvalue weighted by Crippen LogP contribution is 2.25. The van der Waals surface area contributed by atoms with Gasteiger partial charge >= 0.3 is 11.6 Å². The Hall–Kier alpha value is -3.49. The van der Waals surface area contributed by atoms with Gasteiger partial charge in [0.25, 0.3) is 5.91 Å². The van der Waals surface area contributed by atoms with E-state index in [1.165, 1.54) is 13.3 Å². The Labute approximate surface area is 150 Å². The van der Waals surface area contributed by atoms with Crippen molar-refractivity contribution in [2.75, 3.05) is 7.11 Å². The number of carbonyl (C=O) groups excluding carboxylic acids is 1. The molecule has 1 aromatic carbocycles. The SMILES string of the molecule is COc1nn(C(C)C(=O)N/N=C/C(C)=C/c2ccccc2)cc1[N+](=O)[O-]. The fourth-order valence-electron chi connectivity index (χ4n) is 2.10. The maximum Gasteiger partial charge on any atom is 0.350 e. The van der Waals surface area contributed by atoms with Crippen LogP contribution in [0.15, 0.2) is 47.2 Å². The third-order valence-electron chi connectivity index (χ3n) is 3.48. The molecule has 0 aliphatic heterocycles. The highest BCUT2D eigenvalue weighted by atomic mass is 16.6. The lowest BCUT2D eigenvalue weighted by Crippen LogP contribution is -2.27. The maximum atomic E-state index is 12.1. The Kier molecular flexibility index (Phi) is 6.20. The van der Waals surface area contributed by atoms with Crippen molar-refractivity contribution in [3.63, 3.8) is 0 Å². The Morgan fingerprint density at radius 3 is 2.69 bits per heavy atom. The number of hydrogen-bond acceptors (Lipinski definition) is 6. The number of hydrazone groups is 1. The first-order valence-corrected chi connectivity index (χ1v) is 7.76. The summed E-state index contributed by atoms with van der Waals surface area (Å²) in [5, 5.41) is 18.7. The molecular formula is C17H19N5O4. The predicted molar refractivity (Wildman–Crippen MR) is 96.9 cm³/mol. The van der Waals surface area contributed by atoms with E-state index in [1.54, 1.807) is 6.92 Å². The van der Waals surface area contributed by atoms with Crippen molar-refractivity contribution >= 4 is 23.9 Å². The van der Waals surface area contributed by atoms with Crippen LogP contribution in [0, 0.1) is 10.1 Å². The zero-order valence-electron chi connectivity index (χ0n) is 14.6. The molecule has 0 aliphatic carbocycles. The normalized spacial score (nSPS) is 12.8. The van der Waals surface area contributed by atoms with Crippen LogP contribution in [0.3, 0.4) is 0 Å². The largest absolute Gasteiger partial charge is 0.475 e. The van der Waals surface area contributed by atoms with Crippen LogP contribution in [0.25, 0.3) is 6.08 Å². The third kappa shape index (κ3) is 4.76. The number of methoxy groups -OCH3 is 1.